The number of H-pyrrole nitrogens is 1. The summed E-state index contributed by atoms with van der Waals surface area (Å²) in [6.45, 7) is 0.741. The molecule has 3 aromatic heterocycles. The van der Waals surface area contributed by atoms with Gasteiger partial charge in [-0.1, -0.05) is 18.2 Å². The van der Waals surface area contributed by atoms with Gasteiger partial charge in [0.1, 0.15) is 0 Å². The number of carbonyl (C=O) groups is 1. The molecular formula is C20H19N5O2. The van der Waals surface area contributed by atoms with E-state index in [0.717, 1.165) is 30.7 Å². The summed E-state index contributed by atoms with van der Waals surface area (Å²) >= 11 is 0. The van der Waals surface area contributed by atoms with Crippen molar-refractivity contribution >= 4 is 11.6 Å². The maximum Gasteiger partial charge on any atom is 0.278 e. The molecule has 0 unspecified atom stereocenters. The fraction of sp³-hybridized carbons (Fsp3) is 0.300. The van der Waals surface area contributed by atoms with Crippen molar-refractivity contribution in [2.75, 3.05) is 0 Å². The van der Waals surface area contributed by atoms with Gasteiger partial charge in [-0.2, -0.15) is 0 Å². The van der Waals surface area contributed by atoms with Crippen LogP contribution < -0.4 is 5.56 Å². The summed E-state index contributed by atoms with van der Waals surface area (Å²) in [6.07, 6.45) is 8.51. The molecule has 7 heteroatoms. The van der Waals surface area contributed by atoms with Crippen molar-refractivity contribution in [2.45, 2.75) is 32.4 Å². The maximum absolute atomic E-state index is 12.9. The van der Waals surface area contributed by atoms with E-state index >= 15 is 0 Å². The predicted molar refractivity (Wildman–Crippen MR) is 99.8 cm³/mol. The molecule has 1 N–H and O–H groups in total. The van der Waals surface area contributed by atoms with Crippen LogP contribution in [0.1, 0.15) is 30.5 Å². The normalized spacial score (nSPS) is 18.8. The molecule has 136 valence electrons. The van der Waals surface area contributed by atoms with Crippen LogP contribution in [0.2, 0.25) is 0 Å². The Morgan fingerprint density at radius 3 is 2.93 bits per heavy atom. The Hall–Kier alpha value is -3.22. The highest BCUT2D eigenvalue weighted by Gasteiger charge is 2.32. The van der Waals surface area contributed by atoms with Crippen molar-refractivity contribution in [3.63, 3.8) is 0 Å². The summed E-state index contributed by atoms with van der Waals surface area (Å²) in [7, 11) is 0. The van der Waals surface area contributed by atoms with Crippen molar-refractivity contribution in [3.8, 4) is 11.4 Å². The van der Waals surface area contributed by atoms with Gasteiger partial charge < -0.3 is 4.90 Å². The zero-order valence-electron chi connectivity index (χ0n) is 14.8. The first-order valence-electron chi connectivity index (χ1n) is 9.19. The number of rotatable bonds is 2. The summed E-state index contributed by atoms with van der Waals surface area (Å²) in [5.41, 5.74) is 3.20. The van der Waals surface area contributed by atoms with Gasteiger partial charge in [-0.25, -0.2) is 9.50 Å². The van der Waals surface area contributed by atoms with Crippen molar-refractivity contribution in [1.29, 1.82) is 0 Å². The van der Waals surface area contributed by atoms with Crippen molar-refractivity contribution < 1.29 is 4.79 Å². The molecule has 7 nitrogen and oxygen atoms in total. The van der Waals surface area contributed by atoms with Gasteiger partial charge in [-0.05, 0) is 31.4 Å². The number of carbonyl (C=O) groups excluding carboxylic acids is 1. The van der Waals surface area contributed by atoms with E-state index in [4.69, 9.17) is 0 Å². The highest BCUT2D eigenvalue weighted by molar-refractivity contribution is 5.79. The lowest BCUT2D eigenvalue weighted by atomic mass is 9.93. The van der Waals surface area contributed by atoms with E-state index in [1.807, 2.05) is 24.3 Å². The standard InChI is InChI=1S/C20H19N5O2/c26-19(13-6-2-1-3-7-13)24-11-14-17(12-24)22-18-10-16(23-25(18)20(14)27)15-8-4-5-9-21-15/h1-2,4-5,8-10,13,23H,3,6-7,11-12H2/t13-/m0/s1. The number of hydrogen-bond acceptors (Lipinski definition) is 4. The number of allylic oxidation sites excluding steroid dienone is 2. The number of nitrogens with one attached hydrogen (secondary N) is 1. The second-order valence-electron chi connectivity index (χ2n) is 7.10. The summed E-state index contributed by atoms with van der Waals surface area (Å²) in [6, 6.07) is 7.44. The van der Waals surface area contributed by atoms with Crippen LogP contribution in [-0.2, 0) is 17.9 Å². The van der Waals surface area contributed by atoms with E-state index in [0.29, 0.717) is 30.0 Å². The lowest BCUT2D eigenvalue weighted by molar-refractivity contribution is -0.136. The van der Waals surface area contributed by atoms with Crippen LogP contribution in [-0.4, -0.2) is 30.4 Å². The Kier molecular flexibility index (Phi) is 3.67. The van der Waals surface area contributed by atoms with Gasteiger partial charge in [0.2, 0.25) is 5.91 Å². The number of hydrogen-bond donors (Lipinski definition) is 1. The topological polar surface area (TPSA) is 83.4 Å². The van der Waals surface area contributed by atoms with E-state index in [9.17, 15) is 9.59 Å². The molecule has 0 bridgehead atoms. The summed E-state index contributed by atoms with van der Waals surface area (Å²) < 4.78 is 1.44. The fourth-order valence-corrected chi connectivity index (χ4v) is 3.91. The predicted octanol–water partition coefficient (Wildman–Crippen LogP) is 2.28. The first-order valence-corrected chi connectivity index (χ1v) is 9.19. The molecule has 2 aliphatic rings. The van der Waals surface area contributed by atoms with Gasteiger partial charge >= 0.3 is 0 Å². The molecule has 0 saturated heterocycles. The molecule has 0 aromatic carbocycles. The van der Waals surface area contributed by atoms with E-state index < -0.39 is 0 Å². The number of fused-ring (bicyclic) bond motifs is 2. The van der Waals surface area contributed by atoms with Crippen LogP contribution in [0, 0.1) is 5.92 Å². The number of nitrogens with zero attached hydrogens (tertiary/aromatic N) is 4. The second kappa shape index (κ2) is 6.19. The van der Waals surface area contributed by atoms with Crippen molar-refractivity contribution in [1.82, 2.24) is 24.5 Å². The van der Waals surface area contributed by atoms with Gasteiger partial charge in [-0.3, -0.25) is 19.7 Å². The number of aromatic nitrogens is 4. The Morgan fingerprint density at radius 1 is 1.22 bits per heavy atom. The van der Waals surface area contributed by atoms with Gasteiger partial charge in [0, 0.05) is 18.2 Å². The molecule has 1 aliphatic carbocycles. The smallest absolute Gasteiger partial charge is 0.278 e. The first-order chi connectivity index (χ1) is 13.2. The van der Waals surface area contributed by atoms with Crippen LogP contribution in [0.3, 0.4) is 0 Å². The first kappa shape index (κ1) is 16.0. The van der Waals surface area contributed by atoms with E-state index in [1.54, 1.807) is 11.1 Å². The average Bonchev–Trinajstić information content (AvgIpc) is 3.34. The summed E-state index contributed by atoms with van der Waals surface area (Å²) in [4.78, 5) is 36.4. The van der Waals surface area contributed by atoms with E-state index in [1.165, 1.54) is 4.52 Å². The molecular weight excluding hydrogens is 342 g/mol. The molecule has 4 heterocycles. The monoisotopic (exact) mass is 361 g/mol. The lowest BCUT2D eigenvalue weighted by Crippen LogP contribution is -2.33. The third-order valence-corrected chi connectivity index (χ3v) is 5.35. The molecule has 0 saturated carbocycles. The van der Waals surface area contributed by atoms with E-state index in [2.05, 4.69) is 27.2 Å². The SMILES string of the molecule is O=C([C@H]1CC=CCC1)N1Cc2nc3cc(-c4ccccn4)[nH]n3c(=O)c2C1. The minimum atomic E-state index is -0.143. The molecule has 3 aromatic rings. The minimum absolute atomic E-state index is 0.0210. The molecule has 1 aliphatic heterocycles. The molecule has 0 spiro atoms. The maximum atomic E-state index is 12.9. The minimum Gasteiger partial charge on any atom is -0.332 e. The molecule has 1 amide bonds. The Labute approximate surface area is 155 Å². The zero-order chi connectivity index (χ0) is 18.4. The Morgan fingerprint density at radius 2 is 2.15 bits per heavy atom. The number of pyridine rings is 1. The van der Waals surface area contributed by atoms with Gasteiger partial charge in [0.15, 0.2) is 5.65 Å². The third kappa shape index (κ3) is 2.66. The fourth-order valence-electron chi connectivity index (χ4n) is 3.91. The average molecular weight is 361 g/mol. The van der Waals surface area contributed by atoms with Crippen molar-refractivity contribution in [2.24, 2.45) is 5.92 Å². The number of amides is 1. The van der Waals surface area contributed by atoms with Gasteiger partial charge in [0.05, 0.1) is 35.7 Å². The van der Waals surface area contributed by atoms with Gasteiger partial charge in [0.25, 0.3) is 5.56 Å². The van der Waals surface area contributed by atoms with Gasteiger partial charge in [-0.15, -0.1) is 0 Å². The Balaban J connectivity index is 1.47. The van der Waals surface area contributed by atoms with E-state index in [-0.39, 0.29) is 17.4 Å². The zero-order valence-corrected chi connectivity index (χ0v) is 14.8. The molecule has 5 rings (SSSR count). The quantitative estimate of drug-likeness (QED) is 0.710. The van der Waals surface area contributed by atoms with Crippen molar-refractivity contribution in [3.05, 3.63) is 64.2 Å². The third-order valence-electron chi connectivity index (χ3n) is 5.35. The van der Waals surface area contributed by atoms with Crippen LogP contribution in [0.25, 0.3) is 17.0 Å². The molecule has 1 atom stereocenters. The highest BCUT2D eigenvalue weighted by atomic mass is 16.2. The second-order valence-corrected chi connectivity index (χ2v) is 7.10. The molecule has 0 fully saturated rings. The summed E-state index contributed by atoms with van der Waals surface area (Å²) in [5.74, 6) is 0.146. The number of aromatic amines is 1. The van der Waals surface area contributed by atoms with Crippen LogP contribution in [0.4, 0.5) is 0 Å². The lowest BCUT2D eigenvalue weighted by Gasteiger charge is -2.23. The van der Waals surface area contributed by atoms with Crippen LogP contribution >= 0.6 is 0 Å². The van der Waals surface area contributed by atoms with Crippen LogP contribution in [0.15, 0.2) is 47.4 Å². The highest BCUT2D eigenvalue weighted by Crippen LogP contribution is 2.26. The molecule has 27 heavy (non-hydrogen) atoms. The largest absolute Gasteiger partial charge is 0.332 e. The summed E-state index contributed by atoms with van der Waals surface area (Å²) in [5, 5.41) is 3.08. The molecule has 0 radical (unpaired) electrons. The Bertz CT molecular complexity index is 1110. The van der Waals surface area contributed by atoms with Crippen LogP contribution in [0.5, 0.6) is 0 Å².